The van der Waals surface area contributed by atoms with Crippen LogP contribution in [0.3, 0.4) is 0 Å². The minimum Gasteiger partial charge on any atom is -0.481 e. The van der Waals surface area contributed by atoms with E-state index in [4.69, 9.17) is 5.11 Å². The molecule has 2 N–H and O–H groups in total. The number of carboxylic acid groups (broad SMARTS) is 1. The molecule has 1 rings (SSSR count). The monoisotopic (exact) mass is 331 g/mol. The molecule has 0 aliphatic carbocycles. The topological polar surface area (TPSA) is 105 Å². The van der Waals surface area contributed by atoms with Crippen LogP contribution in [0.4, 0.5) is 11.4 Å². The van der Waals surface area contributed by atoms with E-state index in [1.807, 2.05) is 0 Å². The molecule has 7 nitrogen and oxygen atoms in total. The largest absolute Gasteiger partial charge is 0.481 e. The number of aromatic nitrogens is 1. The van der Waals surface area contributed by atoms with E-state index >= 15 is 0 Å². The Morgan fingerprint density at radius 3 is 2.89 bits per heavy atom. The first-order valence-corrected chi connectivity index (χ1v) is 6.47. The molecule has 0 fully saturated rings. The normalized spacial score (nSPS) is 11.9. The van der Waals surface area contributed by atoms with E-state index < -0.39 is 16.8 Å². The number of hydrogen-bond donors (Lipinski definition) is 2. The average Bonchev–Trinajstić information content (AvgIpc) is 2.35. The number of aliphatic carboxylic acids is 1. The Hall–Kier alpha value is -1.70. The maximum atomic E-state index is 10.8. The Morgan fingerprint density at radius 1 is 1.63 bits per heavy atom. The molecule has 0 saturated heterocycles. The molecular weight excluding hydrogens is 318 g/mol. The van der Waals surface area contributed by atoms with Crippen LogP contribution in [0.2, 0.25) is 0 Å². The number of rotatable bonds is 7. The van der Waals surface area contributed by atoms with Crippen LogP contribution in [0.15, 0.2) is 16.9 Å². The van der Waals surface area contributed by atoms with Crippen LogP contribution >= 0.6 is 15.9 Å². The fourth-order valence-corrected chi connectivity index (χ4v) is 1.94. The van der Waals surface area contributed by atoms with E-state index in [0.29, 0.717) is 29.5 Å². The Bertz CT molecular complexity index is 481. The minimum atomic E-state index is -0.837. The maximum Gasteiger partial charge on any atom is 0.311 e. The van der Waals surface area contributed by atoms with Gasteiger partial charge in [0.15, 0.2) is 0 Å². The lowest BCUT2D eigenvalue weighted by atomic mass is 10.1. The van der Waals surface area contributed by atoms with Crippen molar-refractivity contribution in [2.24, 2.45) is 5.92 Å². The molecule has 0 saturated carbocycles. The van der Waals surface area contributed by atoms with Gasteiger partial charge in [-0.15, -0.1) is 0 Å². The first-order valence-electron chi connectivity index (χ1n) is 5.68. The van der Waals surface area contributed by atoms with E-state index in [0.717, 1.165) is 0 Å². The van der Waals surface area contributed by atoms with E-state index in [1.165, 1.54) is 12.4 Å². The van der Waals surface area contributed by atoms with E-state index in [1.54, 1.807) is 6.92 Å². The predicted molar refractivity (Wildman–Crippen MR) is 73.1 cm³/mol. The summed E-state index contributed by atoms with van der Waals surface area (Å²) in [5, 5.41) is 22.5. The second kappa shape index (κ2) is 7.03. The van der Waals surface area contributed by atoms with Crippen molar-refractivity contribution in [3.8, 4) is 0 Å². The molecular formula is C11H14BrN3O4. The fourth-order valence-electron chi connectivity index (χ4n) is 1.48. The zero-order valence-electron chi connectivity index (χ0n) is 10.3. The van der Waals surface area contributed by atoms with E-state index in [2.05, 4.69) is 26.2 Å². The van der Waals surface area contributed by atoms with Crippen LogP contribution in [-0.4, -0.2) is 27.5 Å². The summed E-state index contributed by atoms with van der Waals surface area (Å²) in [5.41, 5.74) is 0.253. The van der Waals surface area contributed by atoms with Crippen molar-refractivity contribution in [2.45, 2.75) is 19.8 Å². The number of halogens is 1. The molecule has 0 aliphatic rings. The third-order valence-corrected chi connectivity index (χ3v) is 3.21. The van der Waals surface area contributed by atoms with Gasteiger partial charge < -0.3 is 10.4 Å². The molecule has 0 amide bonds. The number of carboxylic acids is 1. The minimum absolute atomic E-state index is 0.111. The molecule has 1 aromatic rings. The molecule has 0 radical (unpaired) electrons. The van der Waals surface area contributed by atoms with Crippen LogP contribution in [0.5, 0.6) is 0 Å². The van der Waals surface area contributed by atoms with Crippen molar-refractivity contribution in [2.75, 3.05) is 11.9 Å². The van der Waals surface area contributed by atoms with Crippen molar-refractivity contribution in [1.82, 2.24) is 4.98 Å². The molecule has 0 aromatic carbocycles. The van der Waals surface area contributed by atoms with Gasteiger partial charge >= 0.3 is 11.7 Å². The molecule has 0 spiro atoms. The van der Waals surface area contributed by atoms with E-state index in [-0.39, 0.29) is 5.69 Å². The molecule has 1 atom stereocenters. The van der Waals surface area contributed by atoms with Crippen LogP contribution < -0.4 is 5.32 Å². The highest BCUT2D eigenvalue weighted by Gasteiger charge is 2.17. The van der Waals surface area contributed by atoms with Gasteiger partial charge in [0.1, 0.15) is 11.9 Å². The second-order valence-corrected chi connectivity index (χ2v) is 4.94. The first-order chi connectivity index (χ1) is 8.93. The number of nitrogens with one attached hydrogen (secondary N) is 1. The van der Waals surface area contributed by atoms with Gasteiger partial charge in [0.2, 0.25) is 0 Å². The summed E-state index contributed by atoms with van der Waals surface area (Å²) < 4.78 is 0.507. The van der Waals surface area contributed by atoms with Crippen LogP contribution in [0.1, 0.15) is 19.8 Å². The van der Waals surface area contributed by atoms with Gasteiger partial charge in [-0.2, -0.15) is 0 Å². The quantitative estimate of drug-likeness (QED) is 0.452. The predicted octanol–water partition coefficient (Wildman–Crippen LogP) is 2.67. The fraction of sp³-hybridized carbons (Fsp3) is 0.455. The summed E-state index contributed by atoms with van der Waals surface area (Å²) in [5.74, 6) is -1.26. The lowest BCUT2D eigenvalue weighted by Crippen LogP contribution is -2.12. The maximum absolute atomic E-state index is 10.8. The zero-order chi connectivity index (χ0) is 14.4. The highest BCUT2D eigenvalue weighted by molar-refractivity contribution is 9.10. The number of anilines is 1. The average molecular weight is 332 g/mol. The van der Waals surface area contributed by atoms with Crippen LogP contribution in [0, 0.1) is 16.0 Å². The third-order valence-electron chi connectivity index (χ3n) is 2.61. The molecule has 1 aromatic heterocycles. The second-order valence-electron chi connectivity index (χ2n) is 4.08. The van der Waals surface area contributed by atoms with Gasteiger partial charge in [0.25, 0.3) is 0 Å². The lowest BCUT2D eigenvalue weighted by Gasteiger charge is -2.09. The number of nitrogens with zero attached hydrogens (tertiary/aromatic N) is 2. The lowest BCUT2D eigenvalue weighted by molar-refractivity contribution is -0.384. The summed E-state index contributed by atoms with van der Waals surface area (Å²) >= 11 is 3.20. The summed E-state index contributed by atoms with van der Waals surface area (Å²) in [6, 6.07) is 0. The van der Waals surface area contributed by atoms with Crippen molar-refractivity contribution < 1.29 is 14.8 Å². The highest BCUT2D eigenvalue weighted by atomic mass is 79.9. The number of nitro groups is 1. The van der Waals surface area contributed by atoms with Gasteiger partial charge in [-0.05, 0) is 28.8 Å². The summed E-state index contributed by atoms with van der Waals surface area (Å²) in [6.45, 7) is 2.09. The van der Waals surface area contributed by atoms with Gasteiger partial charge in [0, 0.05) is 12.7 Å². The van der Waals surface area contributed by atoms with Crippen molar-refractivity contribution >= 4 is 33.3 Å². The Balaban J connectivity index is 2.58. The standard InChI is InChI=1S/C11H14BrN3O4/c1-7(11(16)17)3-2-4-14-10-8(12)5-13-6-9(10)15(18)19/h5-7H,2-4H2,1H3,(H,13,14)(H,16,17). The summed E-state index contributed by atoms with van der Waals surface area (Å²) in [6.07, 6.45) is 3.76. The highest BCUT2D eigenvalue weighted by Crippen LogP contribution is 2.30. The Labute approximate surface area is 118 Å². The number of pyridine rings is 1. The van der Waals surface area contributed by atoms with Crippen molar-refractivity contribution in [3.63, 3.8) is 0 Å². The summed E-state index contributed by atoms with van der Waals surface area (Å²) in [7, 11) is 0. The van der Waals surface area contributed by atoms with Crippen molar-refractivity contribution in [3.05, 3.63) is 27.0 Å². The van der Waals surface area contributed by atoms with E-state index in [9.17, 15) is 14.9 Å². The molecule has 19 heavy (non-hydrogen) atoms. The van der Waals surface area contributed by atoms with Gasteiger partial charge in [-0.3, -0.25) is 19.9 Å². The zero-order valence-corrected chi connectivity index (χ0v) is 11.9. The first kappa shape index (κ1) is 15.4. The SMILES string of the molecule is CC(CCCNc1c(Br)cncc1[N+](=O)[O-])C(=O)O. The van der Waals surface area contributed by atoms with Crippen LogP contribution in [0.25, 0.3) is 0 Å². The Kier molecular flexibility index (Phi) is 5.68. The smallest absolute Gasteiger partial charge is 0.311 e. The summed E-state index contributed by atoms with van der Waals surface area (Å²) in [4.78, 5) is 24.7. The molecule has 1 unspecified atom stereocenters. The third kappa shape index (κ3) is 4.47. The molecule has 8 heteroatoms. The van der Waals surface area contributed by atoms with Gasteiger partial charge in [-0.25, -0.2) is 0 Å². The van der Waals surface area contributed by atoms with Crippen LogP contribution in [-0.2, 0) is 4.79 Å². The van der Waals surface area contributed by atoms with Gasteiger partial charge in [-0.1, -0.05) is 6.92 Å². The van der Waals surface area contributed by atoms with Gasteiger partial charge in [0.05, 0.1) is 15.3 Å². The molecule has 1 heterocycles. The molecule has 0 bridgehead atoms. The van der Waals surface area contributed by atoms with Crippen molar-refractivity contribution in [1.29, 1.82) is 0 Å². The number of hydrogen-bond acceptors (Lipinski definition) is 5. The molecule has 104 valence electrons. The molecule has 0 aliphatic heterocycles. The Morgan fingerprint density at radius 2 is 2.32 bits per heavy atom. The number of carbonyl (C=O) groups is 1.